The van der Waals surface area contributed by atoms with Gasteiger partial charge in [0.2, 0.25) is 0 Å². The van der Waals surface area contributed by atoms with E-state index < -0.39 is 18.1 Å². The molecule has 25 heavy (non-hydrogen) atoms. The summed E-state index contributed by atoms with van der Waals surface area (Å²) in [7, 11) is 0. The SMILES string of the molecule is C[C@H](n1cnnc1-c1nc(NC(=O)c2ccccn2)cs1)C(F)(F)F. The van der Waals surface area contributed by atoms with Gasteiger partial charge in [-0.3, -0.25) is 14.3 Å². The van der Waals surface area contributed by atoms with Crippen LogP contribution in [0.5, 0.6) is 0 Å². The Morgan fingerprint density at radius 1 is 1.36 bits per heavy atom. The molecule has 3 aromatic heterocycles. The number of carbonyl (C=O) groups is 1. The lowest BCUT2D eigenvalue weighted by Gasteiger charge is -2.17. The molecule has 7 nitrogen and oxygen atoms in total. The largest absolute Gasteiger partial charge is 0.408 e. The van der Waals surface area contributed by atoms with Crippen molar-refractivity contribution in [3.05, 3.63) is 41.8 Å². The lowest BCUT2D eigenvalue weighted by Crippen LogP contribution is -2.23. The van der Waals surface area contributed by atoms with Crippen molar-refractivity contribution in [2.45, 2.75) is 19.1 Å². The van der Waals surface area contributed by atoms with Crippen molar-refractivity contribution in [1.29, 1.82) is 0 Å². The van der Waals surface area contributed by atoms with Crippen LogP contribution in [0.2, 0.25) is 0 Å². The molecular weight excluding hydrogens is 357 g/mol. The number of hydrogen-bond donors (Lipinski definition) is 1. The average molecular weight is 368 g/mol. The second-order valence-electron chi connectivity index (χ2n) is 4.99. The third-order valence-corrected chi connectivity index (χ3v) is 4.14. The Balaban J connectivity index is 1.81. The molecule has 1 atom stereocenters. The molecule has 11 heteroatoms. The van der Waals surface area contributed by atoms with Gasteiger partial charge < -0.3 is 5.32 Å². The minimum Gasteiger partial charge on any atom is -0.304 e. The molecule has 0 spiro atoms. The molecule has 3 rings (SSSR count). The van der Waals surface area contributed by atoms with E-state index >= 15 is 0 Å². The number of aromatic nitrogens is 5. The molecule has 3 heterocycles. The van der Waals surface area contributed by atoms with Crippen LogP contribution in [0.3, 0.4) is 0 Å². The standard InChI is InChI=1S/C14H11F3N6OS/c1-8(14(15,16)17)23-7-19-22-11(23)13-21-10(6-25-13)20-12(24)9-4-2-3-5-18-9/h2-8H,1H3,(H,20,24)/t8-/m0/s1. The van der Waals surface area contributed by atoms with Gasteiger partial charge in [0.05, 0.1) is 0 Å². The molecule has 0 aliphatic rings. The number of carbonyl (C=O) groups excluding carboxylic acids is 1. The minimum absolute atomic E-state index is 0.0202. The van der Waals surface area contributed by atoms with Crippen LogP contribution in [-0.2, 0) is 0 Å². The van der Waals surface area contributed by atoms with Crippen molar-refractivity contribution in [2.75, 3.05) is 5.32 Å². The molecule has 0 unspecified atom stereocenters. The quantitative estimate of drug-likeness (QED) is 0.764. The molecular formula is C14H11F3N6OS. The summed E-state index contributed by atoms with van der Waals surface area (Å²) in [6.45, 7) is 1.00. The fraction of sp³-hybridized carbons (Fsp3) is 0.214. The molecule has 0 aliphatic heterocycles. The number of anilines is 1. The van der Waals surface area contributed by atoms with Crippen LogP contribution in [0.4, 0.5) is 19.0 Å². The summed E-state index contributed by atoms with van der Waals surface area (Å²) in [5.74, 6) is -0.291. The van der Waals surface area contributed by atoms with Gasteiger partial charge in [-0.2, -0.15) is 13.2 Å². The van der Waals surface area contributed by atoms with E-state index in [1.54, 1.807) is 12.1 Å². The highest BCUT2D eigenvalue weighted by Gasteiger charge is 2.39. The van der Waals surface area contributed by atoms with E-state index in [1.165, 1.54) is 17.6 Å². The zero-order chi connectivity index (χ0) is 18.0. The van der Waals surface area contributed by atoms with Crippen LogP contribution in [0.1, 0.15) is 23.5 Å². The summed E-state index contributed by atoms with van der Waals surface area (Å²) in [5.41, 5.74) is 0.200. The predicted octanol–water partition coefficient (Wildman–Crippen LogP) is 3.17. The fourth-order valence-electron chi connectivity index (χ4n) is 1.95. The van der Waals surface area contributed by atoms with Crippen molar-refractivity contribution in [2.24, 2.45) is 0 Å². The maximum Gasteiger partial charge on any atom is 0.408 e. The predicted molar refractivity (Wildman–Crippen MR) is 84.1 cm³/mol. The molecule has 0 fully saturated rings. The van der Waals surface area contributed by atoms with E-state index in [0.29, 0.717) is 0 Å². The first kappa shape index (κ1) is 17.0. The summed E-state index contributed by atoms with van der Waals surface area (Å²) in [6, 6.07) is 3.07. The normalized spacial score (nSPS) is 12.8. The van der Waals surface area contributed by atoms with Crippen LogP contribution in [-0.4, -0.2) is 36.8 Å². The Morgan fingerprint density at radius 3 is 2.84 bits per heavy atom. The number of nitrogens with one attached hydrogen (secondary N) is 1. The van der Waals surface area contributed by atoms with Gasteiger partial charge in [-0.15, -0.1) is 21.5 Å². The number of pyridine rings is 1. The van der Waals surface area contributed by atoms with E-state index in [1.807, 2.05) is 0 Å². The summed E-state index contributed by atoms with van der Waals surface area (Å²) in [5, 5.41) is 11.5. The topological polar surface area (TPSA) is 85.6 Å². The second kappa shape index (κ2) is 6.59. The molecule has 0 aromatic carbocycles. The Bertz CT molecular complexity index is 876. The molecule has 0 aliphatic carbocycles. The summed E-state index contributed by atoms with van der Waals surface area (Å²) in [6.07, 6.45) is -1.96. The number of thiazole rings is 1. The Kier molecular flexibility index (Phi) is 4.49. The van der Waals surface area contributed by atoms with Crippen LogP contribution < -0.4 is 5.32 Å². The van der Waals surface area contributed by atoms with Gasteiger partial charge in [0, 0.05) is 11.6 Å². The molecule has 1 N–H and O–H groups in total. The monoisotopic (exact) mass is 368 g/mol. The van der Waals surface area contributed by atoms with Crippen LogP contribution in [0, 0.1) is 0 Å². The summed E-state index contributed by atoms with van der Waals surface area (Å²) >= 11 is 1.05. The highest BCUT2D eigenvalue weighted by Crippen LogP contribution is 2.34. The lowest BCUT2D eigenvalue weighted by molar-refractivity contribution is -0.162. The van der Waals surface area contributed by atoms with E-state index in [-0.39, 0.29) is 22.3 Å². The Hall–Kier alpha value is -2.82. The number of hydrogen-bond acceptors (Lipinski definition) is 6. The van der Waals surface area contributed by atoms with Crippen molar-refractivity contribution >= 4 is 23.1 Å². The highest BCUT2D eigenvalue weighted by molar-refractivity contribution is 7.13. The van der Waals surface area contributed by atoms with Gasteiger partial charge in [-0.1, -0.05) is 6.07 Å². The molecule has 0 saturated heterocycles. The van der Waals surface area contributed by atoms with Crippen LogP contribution in [0.25, 0.3) is 10.8 Å². The van der Waals surface area contributed by atoms with Gasteiger partial charge in [-0.25, -0.2) is 4.98 Å². The van der Waals surface area contributed by atoms with E-state index in [9.17, 15) is 18.0 Å². The van der Waals surface area contributed by atoms with Gasteiger partial charge in [0.15, 0.2) is 10.8 Å². The summed E-state index contributed by atoms with van der Waals surface area (Å²) in [4.78, 5) is 20.0. The zero-order valence-corrected chi connectivity index (χ0v) is 13.5. The number of rotatable bonds is 4. The Morgan fingerprint density at radius 2 is 2.16 bits per heavy atom. The number of amides is 1. The molecule has 130 valence electrons. The first-order valence-corrected chi connectivity index (χ1v) is 7.88. The maximum atomic E-state index is 12.9. The van der Waals surface area contributed by atoms with Crippen LogP contribution >= 0.6 is 11.3 Å². The molecule has 0 bridgehead atoms. The number of halogens is 3. The third-order valence-electron chi connectivity index (χ3n) is 3.30. The van der Waals surface area contributed by atoms with Crippen molar-refractivity contribution < 1.29 is 18.0 Å². The fourth-order valence-corrected chi connectivity index (χ4v) is 2.69. The minimum atomic E-state index is -4.44. The van der Waals surface area contributed by atoms with Crippen molar-refractivity contribution in [3.63, 3.8) is 0 Å². The van der Waals surface area contributed by atoms with Crippen molar-refractivity contribution in [3.8, 4) is 10.8 Å². The Labute approximate surface area is 143 Å². The molecule has 0 saturated carbocycles. The second-order valence-corrected chi connectivity index (χ2v) is 5.84. The number of alkyl halides is 3. The lowest BCUT2D eigenvalue weighted by atomic mass is 10.3. The van der Waals surface area contributed by atoms with Gasteiger partial charge >= 0.3 is 6.18 Å². The molecule has 0 radical (unpaired) electrons. The van der Waals surface area contributed by atoms with Crippen molar-refractivity contribution in [1.82, 2.24) is 24.7 Å². The van der Waals surface area contributed by atoms with E-state index in [2.05, 4.69) is 25.5 Å². The first-order chi connectivity index (χ1) is 11.9. The van der Waals surface area contributed by atoms with E-state index in [4.69, 9.17) is 0 Å². The third kappa shape index (κ3) is 3.65. The van der Waals surface area contributed by atoms with Gasteiger partial charge in [0.1, 0.15) is 23.9 Å². The first-order valence-electron chi connectivity index (χ1n) is 7.01. The average Bonchev–Trinajstić information content (AvgIpc) is 3.22. The maximum absolute atomic E-state index is 12.9. The van der Waals surface area contributed by atoms with Gasteiger partial charge in [0.25, 0.3) is 5.91 Å². The van der Waals surface area contributed by atoms with E-state index in [0.717, 1.165) is 29.2 Å². The van der Waals surface area contributed by atoms with Gasteiger partial charge in [-0.05, 0) is 19.1 Å². The summed E-state index contributed by atoms with van der Waals surface area (Å²) < 4.78 is 39.6. The zero-order valence-electron chi connectivity index (χ0n) is 12.7. The molecule has 3 aromatic rings. The molecule has 1 amide bonds. The van der Waals surface area contributed by atoms with Crippen LogP contribution in [0.15, 0.2) is 36.1 Å². The smallest absolute Gasteiger partial charge is 0.304 e. The highest BCUT2D eigenvalue weighted by atomic mass is 32.1. The number of nitrogens with zero attached hydrogens (tertiary/aromatic N) is 5.